The van der Waals surface area contributed by atoms with Crippen molar-refractivity contribution in [2.45, 2.75) is 63.9 Å². The van der Waals surface area contributed by atoms with Crippen LogP contribution in [-0.4, -0.2) is 61.0 Å². The number of rotatable bonds is 5. The van der Waals surface area contributed by atoms with Gasteiger partial charge in [0.2, 0.25) is 11.8 Å². The van der Waals surface area contributed by atoms with Crippen LogP contribution in [-0.2, 0) is 14.3 Å². The fraction of sp³-hybridized carbons (Fsp3) is 0.889. The number of hydrogen-bond donors (Lipinski definition) is 0. The number of amides is 2. The minimum Gasteiger partial charge on any atom is -0.381 e. The molecular weight excluding hydrogens is 292 g/mol. The van der Waals surface area contributed by atoms with E-state index in [0.29, 0.717) is 18.9 Å². The van der Waals surface area contributed by atoms with Crippen molar-refractivity contribution in [3.8, 4) is 0 Å². The van der Waals surface area contributed by atoms with Gasteiger partial charge < -0.3 is 14.5 Å². The van der Waals surface area contributed by atoms with E-state index in [-0.39, 0.29) is 17.2 Å². The van der Waals surface area contributed by atoms with Crippen LogP contribution in [0.25, 0.3) is 0 Å². The molecule has 3 fully saturated rings. The molecule has 0 N–H and O–H groups in total. The van der Waals surface area contributed by atoms with Gasteiger partial charge in [-0.3, -0.25) is 9.59 Å². The smallest absolute Gasteiger partial charge is 0.222 e. The van der Waals surface area contributed by atoms with Gasteiger partial charge in [-0.25, -0.2) is 0 Å². The van der Waals surface area contributed by atoms with Gasteiger partial charge in [-0.2, -0.15) is 0 Å². The number of carbonyl (C=O) groups excluding carboxylic acids is 2. The molecule has 0 radical (unpaired) electrons. The number of nitrogens with zero attached hydrogens (tertiary/aromatic N) is 2. The van der Waals surface area contributed by atoms with Gasteiger partial charge in [0, 0.05) is 51.5 Å². The first-order valence-electron chi connectivity index (χ1n) is 9.23. The van der Waals surface area contributed by atoms with Crippen LogP contribution in [0.3, 0.4) is 0 Å². The Bertz CT molecular complexity index is 454. The first-order chi connectivity index (χ1) is 11.1. The second kappa shape index (κ2) is 7.20. The number of carbonyl (C=O) groups is 2. The zero-order chi connectivity index (χ0) is 16.3. The lowest BCUT2D eigenvalue weighted by atomic mass is 9.76. The molecule has 1 saturated carbocycles. The largest absolute Gasteiger partial charge is 0.381 e. The summed E-state index contributed by atoms with van der Waals surface area (Å²) in [5, 5.41) is 0. The first kappa shape index (κ1) is 16.7. The molecule has 0 aromatic carbocycles. The van der Waals surface area contributed by atoms with Crippen molar-refractivity contribution >= 4 is 11.8 Å². The molecule has 2 saturated heterocycles. The molecule has 3 rings (SSSR count). The van der Waals surface area contributed by atoms with Crippen molar-refractivity contribution in [2.24, 2.45) is 5.41 Å². The lowest BCUT2D eigenvalue weighted by Gasteiger charge is -2.43. The minimum absolute atomic E-state index is 0.202. The summed E-state index contributed by atoms with van der Waals surface area (Å²) in [6, 6.07) is 0. The van der Waals surface area contributed by atoms with Crippen LogP contribution in [0.2, 0.25) is 0 Å². The molecule has 5 heteroatoms. The molecule has 23 heavy (non-hydrogen) atoms. The highest BCUT2D eigenvalue weighted by molar-refractivity contribution is 5.78. The Balaban J connectivity index is 1.48. The minimum atomic E-state index is 0.202. The van der Waals surface area contributed by atoms with Crippen molar-refractivity contribution in [2.75, 3.05) is 33.3 Å². The highest BCUT2D eigenvalue weighted by Crippen LogP contribution is 2.46. The van der Waals surface area contributed by atoms with Crippen molar-refractivity contribution < 1.29 is 14.3 Å². The highest BCUT2D eigenvalue weighted by Gasteiger charge is 2.46. The van der Waals surface area contributed by atoms with Crippen LogP contribution >= 0.6 is 0 Å². The van der Waals surface area contributed by atoms with E-state index < -0.39 is 0 Å². The molecule has 2 amide bonds. The van der Waals surface area contributed by atoms with Gasteiger partial charge in [0.25, 0.3) is 0 Å². The third-order valence-electron chi connectivity index (χ3n) is 6.06. The zero-order valence-corrected chi connectivity index (χ0v) is 14.4. The van der Waals surface area contributed by atoms with Gasteiger partial charge in [-0.05, 0) is 38.5 Å². The van der Waals surface area contributed by atoms with Crippen molar-refractivity contribution in [1.82, 2.24) is 9.80 Å². The van der Waals surface area contributed by atoms with Crippen LogP contribution in [0.15, 0.2) is 0 Å². The van der Waals surface area contributed by atoms with Crippen molar-refractivity contribution in [1.29, 1.82) is 0 Å². The second-order valence-corrected chi connectivity index (χ2v) is 7.49. The number of piperidine rings is 1. The molecule has 0 aromatic heterocycles. The maximum atomic E-state index is 12.6. The third-order valence-corrected chi connectivity index (χ3v) is 6.06. The Morgan fingerprint density at radius 2 is 2.09 bits per heavy atom. The molecule has 1 spiro atoms. The molecule has 0 bridgehead atoms. The fourth-order valence-corrected chi connectivity index (χ4v) is 4.83. The van der Waals surface area contributed by atoms with Crippen LogP contribution < -0.4 is 0 Å². The van der Waals surface area contributed by atoms with Gasteiger partial charge in [0.1, 0.15) is 0 Å². The van der Waals surface area contributed by atoms with Gasteiger partial charge in [0.05, 0.1) is 6.10 Å². The summed E-state index contributed by atoms with van der Waals surface area (Å²) in [6.45, 7) is 3.37. The summed E-state index contributed by atoms with van der Waals surface area (Å²) < 4.78 is 5.71. The van der Waals surface area contributed by atoms with E-state index in [1.807, 2.05) is 12.0 Å². The van der Waals surface area contributed by atoms with E-state index in [0.717, 1.165) is 51.9 Å². The molecule has 3 aliphatic rings. The molecule has 0 unspecified atom stereocenters. The van der Waals surface area contributed by atoms with E-state index in [9.17, 15) is 9.59 Å². The van der Waals surface area contributed by atoms with Gasteiger partial charge >= 0.3 is 0 Å². The highest BCUT2D eigenvalue weighted by atomic mass is 16.5. The van der Waals surface area contributed by atoms with Gasteiger partial charge in [0.15, 0.2) is 0 Å². The zero-order valence-electron chi connectivity index (χ0n) is 14.4. The normalized spacial score (nSPS) is 31.3. The fourth-order valence-electron chi connectivity index (χ4n) is 4.83. The van der Waals surface area contributed by atoms with Crippen LogP contribution in [0.4, 0.5) is 0 Å². The SMILES string of the molecule is CO[C@@H]1CCC[C@@]12CCCN(C(=O)CCCN1CCCC1=O)C2. The number of ether oxygens (including phenoxy) is 1. The predicted molar refractivity (Wildman–Crippen MR) is 87.9 cm³/mol. The van der Waals surface area contributed by atoms with E-state index in [4.69, 9.17) is 4.74 Å². The molecule has 2 aliphatic heterocycles. The summed E-state index contributed by atoms with van der Waals surface area (Å²) in [4.78, 5) is 28.1. The molecule has 130 valence electrons. The van der Waals surface area contributed by atoms with E-state index in [2.05, 4.69) is 4.90 Å². The molecule has 2 atom stereocenters. The molecule has 5 nitrogen and oxygen atoms in total. The maximum absolute atomic E-state index is 12.6. The monoisotopic (exact) mass is 322 g/mol. The predicted octanol–water partition coefficient (Wildman–Crippen LogP) is 2.20. The van der Waals surface area contributed by atoms with Crippen molar-refractivity contribution in [3.05, 3.63) is 0 Å². The molecule has 1 aliphatic carbocycles. The second-order valence-electron chi connectivity index (χ2n) is 7.49. The van der Waals surface area contributed by atoms with Gasteiger partial charge in [-0.1, -0.05) is 6.42 Å². The summed E-state index contributed by atoms with van der Waals surface area (Å²) in [5.74, 6) is 0.515. The lowest BCUT2D eigenvalue weighted by molar-refractivity contribution is -0.138. The Morgan fingerprint density at radius 1 is 1.26 bits per heavy atom. The average molecular weight is 322 g/mol. The molecule has 0 aromatic rings. The Kier molecular flexibility index (Phi) is 5.24. The van der Waals surface area contributed by atoms with Crippen LogP contribution in [0.5, 0.6) is 0 Å². The lowest BCUT2D eigenvalue weighted by Crippen LogP contribution is -2.49. The Labute approximate surface area is 139 Å². The van der Waals surface area contributed by atoms with Crippen molar-refractivity contribution in [3.63, 3.8) is 0 Å². The quantitative estimate of drug-likeness (QED) is 0.780. The summed E-state index contributed by atoms with van der Waals surface area (Å²) in [7, 11) is 1.81. The summed E-state index contributed by atoms with van der Waals surface area (Å²) in [5.41, 5.74) is 0.202. The van der Waals surface area contributed by atoms with Gasteiger partial charge in [-0.15, -0.1) is 0 Å². The van der Waals surface area contributed by atoms with E-state index in [1.165, 1.54) is 19.3 Å². The third kappa shape index (κ3) is 3.54. The standard InChI is InChI=1S/C18H30N2O3/c1-23-15-6-2-9-18(15)10-5-13-20(14-18)17(22)8-4-12-19-11-3-7-16(19)21/h15H,2-14H2,1H3/t15-,18+/m1/s1. The molecular formula is C18H30N2O3. The number of hydrogen-bond acceptors (Lipinski definition) is 3. The number of methoxy groups -OCH3 is 1. The van der Waals surface area contributed by atoms with Crippen LogP contribution in [0.1, 0.15) is 57.8 Å². The topological polar surface area (TPSA) is 49.9 Å². The Morgan fingerprint density at radius 3 is 2.83 bits per heavy atom. The number of likely N-dealkylation sites (tertiary alicyclic amines) is 2. The molecule has 2 heterocycles. The summed E-state index contributed by atoms with van der Waals surface area (Å²) >= 11 is 0. The maximum Gasteiger partial charge on any atom is 0.222 e. The average Bonchev–Trinajstić information content (AvgIpc) is 3.14. The van der Waals surface area contributed by atoms with E-state index >= 15 is 0 Å². The van der Waals surface area contributed by atoms with Crippen LogP contribution in [0, 0.1) is 5.41 Å². The van der Waals surface area contributed by atoms with E-state index in [1.54, 1.807) is 0 Å². The Hall–Kier alpha value is -1.10. The summed E-state index contributed by atoms with van der Waals surface area (Å²) in [6.07, 6.45) is 9.17. The first-order valence-corrected chi connectivity index (χ1v) is 9.23.